The van der Waals surface area contributed by atoms with Crippen molar-refractivity contribution in [1.82, 2.24) is 10.1 Å². The number of carbonyl (C=O) groups excluding carboxylic acids is 1. The average Bonchev–Trinajstić information content (AvgIpc) is 3.23. The van der Waals surface area contributed by atoms with Crippen molar-refractivity contribution in [1.29, 1.82) is 0 Å². The van der Waals surface area contributed by atoms with E-state index in [9.17, 15) is 13.6 Å². The van der Waals surface area contributed by atoms with E-state index in [-0.39, 0.29) is 41.3 Å². The average molecular weight is 341 g/mol. The molecule has 7 heteroatoms. The molecule has 1 aliphatic rings. The molecule has 0 spiro atoms. The van der Waals surface area contributed by atoms with E-state index in [1.54, 1.807) is 35.2 Å². The summed E-state index contributed by atoms with van der Waals surface area (Å²) in [6.45, 7) is 0.351. The number of benzene rings is 2. The largest absolute Gasteiger partial charge is 0.339 e. The summed E-state index contributed by atoms with van der Waals surface area (Å²) in [4.78, 5) is 18.1. The van der Waals surface area contributed by atoms with Crippen molar-refractivity contribution in [3.63, 3.8) is 0 Å². The number of amides is 1. The summed E-state index contributed by atoms with van der Waals surface area (Å²) in [7, 11) is 0. The van der Waals surface area contributed by atoms with Gasteiger partial charge in [0.05, 0.1) is 11.5 Å². The van der Waals surface area contributed by atoms with Gasteiger partial charge in [-0.2, -0.15) is 4.98 Å². The third-order valence-electron chi connectivity index (χ3n) is 4.17. The summed E-state index contributed by atoms with van der Waals surface area (Å²) < 4.78 is 32.1. The van der Waals surface area contributed by atoms with Gasteiger partial charge in [-0.1, -0.05) is 17.3 Å². The molecule has 1 fully saturated rings. The monoisotopic (exact) mass is 341 g/mol. The lowest BCUT2D eigenvalue weighted by molar-refractivity contribution is -0.117. The molecule has 0 saturated carbocycles. The van der Waals surface area contributed by atoms with Crippen LogP contribution in [0.1, 0.15) is 18.2 Å². The molecule has 25 heavy (non-hydrogen) atoms. The minimum absolute atomic E-state index is 0.109. The normalized spacial score (nSPS) is 17.3. The van der Waals surface area contributed by atoms with Gasteiger partial charge >= 0.3 is 0 Å². The highest BCUT2D eigenvalue weighted by molar-refractivity contribution is 5.96. The Morgan fingerprint density at radius 3 is 2.60 bits per heavy atom. The van der Waals surface area contributed by atoms with Crippen LogP contribution < -0.4 is 4.90 Å². The molecule has 5 nitrogen and oxygen atoms in total. The van der Waals surface area contributed by atoms with Crippen LogP contribution in [0.25, 0.3) is 11.4 Å². The molecule has 0 unspecified atom stereocenters. The summed E-state index contributed by atoms with van der Waals surface area (Å²) in [5.41, 5.74) is 0.861. The van der Waals surface area contributed by atoms with E-state index in [0.29, 0.717) is 12.2 Å². The van der Waals surface area contributed by atoms with Crippen LogP contribution >= 0.6 is 0 Å². The summed E-state index contributed by atoms with van der Waals surface area (Å²) in [6.07, 6.45) is 0.205. The third kappa shape index (κ3) is 2.88. The molecule has 0 aliphatic carbocycles. The zero-order chi connectivity index (χ0) is 17.4. The Labute approximate surface area is 141 Å². The maximum absolute atomic E-state index is 13.8. The molecular formula is C18H13F2N3O2. The van der Waals surface area contributed by atoms with Crippen LogP contribution in [0.4, 0.5) is 14.5 Å². The molecular weight excluding hydrogens is 328 g/mol. The number of halogens is 2. The standard InChI is InChI=1S/C18H13F2N3O2/c19-12-5-7-13(8-6-12)23-10-11(9-16(23)24)18-21-17(22-25-18)14-3-1-2-4-15(14)20/h1-8,11H,9-10H2/t11-/m1/s1. The van der Waals surface area contributed by atoms with Crippen LogP contribution in [-0.4, -0.2) is 22.6 Å². The quantitative estimate of drug-likeness (QED) is 0.731. The minimum atomic E-state index is -0.440. The molecule has 2 aromatic carbocycles. The first-order valence-corrected chi connectivity index (χ1v) is 7.76. The Morgan fingerprint density at radius 1 is 1.08 bits per heavy atom. The number of carbonyl (C=O) groups is 1. The van der Waals surface area contributed by atoms with E-state index >= 15 is 0 Å². The molecule has 1 aromatic heterocycles. The van der Waals surface area contributed by atoms with Crippen molar-refractivity contribution in [2.75, 3.05) is 11.4 Å². The van der Waals surface area contributed by atoms with Gasteiger partial charge in [0.25, 0.3) is 0 Å². The van der Waals surface area contributed by atoms with Crippen LogP contribution in [0.2, 0.25) is 0 Å². The van der Waals surface area contributed by atoms with Crippen LogP contribution in [0.15, 0.2) is 53.1 Å². The van der Waals surface area contributed by atoms with Crippen molar-refractivity contribution in [2.24, 2.45) is 0 Å². The molecule has 1 saturated heterocycles. The summed E-state index contributed by atoms with van der Waals surface area (Å²) in [5, 5.41) is 3.82. The Kier molecular flexibility index (Phi) is 3.76. The summed E-state index contributed by atoms with van der Waals surface area (Å²) >= 11 is 0. The number of nitrogens with zero attached hydrogens (tertiary/aromatic N) is 3. The van der Waals surface area contributed by atoms with E-state index in [0.717, 1.165) is 0 Å². The lowest BCUT2D eigenvalue weighted by atomic mass is 10.1. The molecule has 126 valence electrons. The smallest absolute Gasteiger partial charge is 0.232 e. The second kappa shape index (κ2) is 6.08. The second-order valence-corrected chi connectivity index (χ2v) is 5.82. The van der Waals surface area contributed by atoms with Crippen molar-refractivity contribution in [2.45, 2.75) is 12.3 Å². The molecule has 1 atom stereocenters. The van der Waals surface area contributed by atoms with Crippen molar-refractivity contribution in [3.8, 4) is 11.4 Å². The fraction of sp³-hybridized carbons (Fsp3) is 0.167. The lowest BCUT2D eigenvalue weighted by Gasteiger charge is -2.15. The van der Waals surface area contributed by atoms with E-state index in [2.05, 4.69) is 10.1 Å². The van der Waals surface area contributed by atoms with Gasteiger partial charge in [-0.15, -0.1) is 0 Å². The SMILES string of the molecule is O=C1C[C@@H](c2nc(-c3ccccc3F)no2)CN1c1ccc(F)cc1. The van der Waals surface area contributed by atoms with E-state index in [1.165, 1.54) is 18.2 Å². The zero-order valence-corrected chi connectivity index (χ0v) is 13.0. The maximum Gasteiger partial charge on any atom is 0.232 e. The van der Waals surface area contributed by atoms with Crippen molar-refractivity contribution >= 4 is 11.6 Å². The fourth-order valence-corrected chi connectivity index (χ4v) is 2.90. The highest BCUT2D eigenvalue weighted by Crippen LogP contribution is 2.32. The minimum Gasteiger partial charge on any atom is -0.339 e. The molecule has 3 aromatic rings. The molecule has 0 N–H and O–H groups in total. The predicted molar refractivity (Wildman–Crippen MR) is 85.8 cm³/mol. The first-order valence-electron chi connectivity index (χ1n) is 7.76. The van der Waals surface area contributed by atoms with Crippen LogP contribution in [-0.2, 0) is 4.79 Å². The van der Waals surface area contributed by atoms with Gasteiger partial charge in [0.2, 0.25) is 17.6 Å². The molecule has 2 heterocycles. The van der Waals surface area contributed by atoms with Crippen LogP contribution in [0.5, 0.6) is 0 Å². The van der Waals surface area contributed by atoms with E-state index in [1.807, 2.05) is 0 Å². The van der Waals surface area contributed by atoms with Gasteiger partial charge in [-0.05, 0) is 36.4 Å². The summed E-state index contributed by atoms with van der Waals surface area (Å²) in [5.74, 6) is -0.756. The number of anilines is 1. The number of rotatable bonds is 3. The molecule has 4 rings (SSSR count). The van der Waals surface area contributed by atoms with Crippen molar-refractivity contribution in [3.05, 3.63) is 66.1 Å². The lowest BCUT2D eigenvalue weighted by Crippen LogP contribution is -2.24. The second-order valence-electron chi connectivity index (χ2n) is 5.82. The number of aromatic nitrogens is 2. The van der Waals surface area contributed by atoms with E-state index < -0.39 is 5.82 Å². The fourth-order valence-electron chi connectivity index (χ4n) is 2.90. The topological polar surface area (TPSA) is 59.2 Å². The molecule has 1 aliphatic heterocycles. The van der Waals surface area contributed by atoms with Gasteiger partial charge in [-0.3, -0.25) is 4.79 Å². The van der Waals surface area contributed by atoms with Gasteiger partial charge in [-0.25, -0.2) is 8.78 Å². The highest BCUT2D eigenvalue weighted by Gasteiger charge is 2.35. The van der Waals surface area contributed by atoms with Crippen LogP contribution in [0.3, 0.4) is 0 Å². The Bertz CT molecular complexity index is 924. The first-order chi connectivity index (χ1) is 12.1. The van der Waals surface area contributed by atoms with Gasteiger partial charge < -0.3 is 9.42 Å². The van der Waals surface area contributed by atoms with Gasteiger partial charge in [0, 0.05) is 18.7 Å². The molecule has 0 bridgehead atoms. The highest BCUT2D eigenvalue weighted by atomic mass is 19.1. The Morgan fingerprint density at radius 2 is 1.84 bits per heavy atom. The predicted octanol–water partition coefficient (Wildman–Crippen LogP) is 3.54. The van der Waals surface area contributed by atoms with Gasteiger partial charge in [0.15, 0.2) is 0 Å². The Hall–Kier alpha value is -3.09. The number of hydrogen-bond donors (Lipinski definition) is 0. The molecule has 0 radical (unpaired) electrons. The molecule has 1 amide bonds. The van der Waals surface area contributed by atoms with E-state index in [4.69, 9.17) is 4.52 Å². The zero-order valence-electron chi connectivity index (χ0n) is 13.0. The third-order valence-corrected chi connectivity index (χ3v) is 4.17. The summed E-state index contributed by atoms with van der Waals surface area (Å²) in [6, 6.07) is 11.9. The van der Waals surface area contributed by atoms with Crippen molar-refractivity contribution < 1.29 is 18.1 Å². The first kappa shape index (κ1) is 15.4. The number of hydrogen-bond acceptors (Lipinski definition) is 4. The van der Waals surface area contributed by atoms with Gasteiger partial charge in [0.1, 0.15) is 11.6 Å². The van der Waals surface area contributed by atoms with Crippen LogP contribution in [0, 0.1) is 11.6 Å². The maximum atomic E-state index is 13.8. The Balaban J connectivity index is 1.57.